The van der Waals surface area contributed by atoms with E-state index in [9.17, 15) is 9.59 Å². The fourth-order valence-corrected chi connectivity index (χ4v) is 3.15. The maximum atomic E-state index is 12.6. The van der Waals surface area contributed by atoms with Gasteiger partial charge >= 0.3 is 0 Å². The van der Waals surface area contributed by atoms with Gasteiger partial charge in [-0.15, -0.1) is 0 Å². The monoisotopic (exact) mass is 339 g/mol. The summed E-state index contributed by atoms with van der Waals surface area (Å²) in [4.78, 5) is 32.2. The lowest BCUT2D eigenvalue weighted by atomic mass is 9.95. The zero-order valence-electron chi connectivity index (χ0n) is 15.4. The molecule has 1 saturated carbocycles. The number of H-pyrrole nitrogens is 1. The van der Waals surface area contributed by atoms with Gasteiger partial charge in [-0.25, -0.2) is 4.98 Å². The average Bonchev–Trinajstić information content (AvgIpc) is 3.24. The van der Waals surface area contributed by atoms with E-state index in [1.807, 2.05) is 32.9 Å². The zero-order valence-corrected chi connectivity index (χ0v) is 15.4. The van der Waals surface area contributed by atoms with Crippen LogP contribution in [0.1, 0.15) is 66.1 Å². The normalized spacial score (nSPS) is 19.6. The molecule has 0 saturated heterocycles. The van der Waals surface area contributed by atoms with Crippen LogP contribution in [0.3, 0.4) is 0 Å². The molecule has 132 valence electrons. The lowest BCUT2D eigenvalue weighted by Crippen LogP contribution is -2.35. The number of aromatic amines is 1. The van der Waals surface area contributed by atoms with E-state index in [2.05, 4.69) is 34.3 Å². The topological polar surface area (TPSA) is 74.8 Å². The van der Waals surface area contributed by atoms with Crippen LogP contribution in [0.2, 0.25) is 0 Å². The second kappa shape index (κ2) is 6.14. The highest BCUT2D eigenvalue weighted by Crippen LogP contribution is 2.42. The molecule has 3 rings (SSSR count). The van der Waals surface area contributed by atoms with Crippen LogP contribution < -0.4 is 10.9 Å². The van der Waals surface area contributed by atoms with Crippen molar-refractivity contribution in [2.75, 3.05) is 0 Å². The number of hydrogen-bond acceptors (Lipinski definition) is 3. The van der Waals surface area contributed by atoms with Gasteiger partial charge in [0.2, 0.25) is 0 Å². The van der Waals surface area contributed by atoms with E-state index in [-0.39, 0.29) is 28.5 Å². The number of carbonyl (C=O) groups is 1. The number of aryl methyl sites for hydroxylation is 2. The Labute approximate surface area is 147 Å². The third kappa shape index (κ3) is 3.50. The maximum Gasteiger partial charge on any atom is 0.264 e. The molecule has 5 nitrogen and oxygen atoms in total. The summed E-state index contributed by atoms with van der Waals surface area (Å²) in [6, 6.07) is 8.29. The van der Waals surface area contributed by atoms with E-state index in [1.165, 1.54) is 11.1 Å². The fraction of sp³-hybridized carbons (Fsp3) is 0.450. The molecule has 1 heterocycles. The number of amides is 1. The van der Waals surface area contributed by atoms with Gasteiger partial charge in [-0.2, -0.15) is 0 Å². The summed E-state index contributed by atoms with van der Waals surface area (Å²) in [5.41, 5.74) is 2.44. The van der Waals surface area contributed by atoms with Gasteiger partial charge in [-0.3, -0.25) is 9.59 Å². The first-order valence-electron chi connectivity index (χ1n) is 8.66. The third-order valence-electron chi connectivity index (χ3n) is 4.73. The summed E-state index contributed by atoms with van der Waals surface area (Å²) in [6.07, 6.45) is 0.904. The molecule has 5 heteroatoms. The van der Waals surface area contributed by atoms with E-state index in [0.717, 1.165) is 6.42 Å². The van der Waals surface area contributed by atoms with Crippen molar-refractivity contribution >= 4 is 5.91 Å². The zero-order chi connectivity index (χ0) is 18.4. The lowest BCUT2D eigenvalue weighted by Gasteiger charge is -2.18. The summed E-state index contributed by atoms with van der Waals surface area (Å²) in [5, 5.41) is 2.99. The smallest absolute Gasteiger partial charge is 0.264 e. The molecule has 2 aromatic rings. The van der Waals surface area contributed by atoms with Gasteiger partial charge in [-0.05, 0) is 31.4 Å². The summed E-state index contributed by atoms with van der Waals surface area (Å²) < 4.78 is 0. The summed E-state index contributed by atoms with van der Waals surface area (Å²) >= 11 is 0. The van der Waals surface area contributed by atoms with Crippen molar-refractivity contribution in [2.24, 2.45) is 0 Å². The van der Waals surface area contributed by atoms with Crippen molar-refractivity contribution < 1.29 is 4.79 Å². The molecule has 1 aromatic heterocycles. The van der Waals surface area contributed by atoms with Crippen LogP contribution in [0, 0.1) is 13.8 Å². The first-order chi connectivity index (χ1) is 11.7. The first kappa shape index (κ1) is 17.4. The van der Waals surface area contributed by atoms with Crippen LogP contribution in [0.25, 0.3) is 0 Å². The molecule has 1 amide bonds. The van der Waals surface area contributed by atoms with Crippen LogP contribution in [0.4, 0.5) is 0 Å². The summed E-state index contributed by atoms with van der Waals surface area (Å²) in [5.74, 6) is 0.579. The SMILES string of the molecule is Cc1ccccc1[C@@H]1C[C@H]1NC(=O)c1c(C)nc(C(C)(C)C)[nH]c1=O. The quantitative estimate of drug-likeness (QED) is 0.903. The Bertz CT molecular complexity index is 877. The largest absolute Gasteiger partial charge is 0.348 e. The highest BCUT2D eigenvalue weighted by Gasteiger charge is 2.40. The van der Waals surface area contributed by atoms with E-state index >= 15 is 0 Å². The molecule has 0 unspecified atom stereocenters. The number of aromatic nitrogens is 2. The number of nitrogens with zero attached hydrogens (tertiary/aromatic N) is 1. The Morgan fingerprint density at radius 3 is 2.52 bits per heavy atom. The van der Waals surface area contributed by atoms with E-state index in [0.29, 0.717) is 17.4 Å². The number of rotatable bonds is 3. The molecule has 1 aliphatic carbocycles. The Morgan fingerprint density at radius 1 is 1.24 bits per heavy atom. The molecule has 2 atom stereocenters. The minimum atomic E-state index is -0.372. The average molecular weight is 339 g/mol. The van der Waals surface area contributed by atoms with Gasteiger partial charge in [-0.1, -0.05) is 45.0 Å². The predicted molar refractivity (Wildman–Crippen MR) is 98.1 cm³/mol. The van der Waals surface area contributed by atoms with Crippen molar-refractivity contribution in [1.29, 1.82) is 0 Å². The van der Waals surface area contributed by atoms with Crippen LogP contribution in [-0.2, 0) is 5.41 Å². The molecule has 1 aliphatic rings. The van der Waals surface area contributed by atoms with Crippen molar-refractivity contribution in [3.8, 4) is 0 Å². The van der Waals surface area contributed by atoms with E-state index in [4.69, 9.17) is 0 Å². The first-order valence-corrected chi connectivity index (χ1v) is 8.66. The molecular formula is C20H25N3O2. The molecule has 0 bridgehead atoms. The van der Waals surface area contributed by atoms with Crippen molar-refractivity contribution in [1.82, 2.24) is 15.3 Å². The Kier molecular flexibility index (Phi) is 4.27. The Hall–Kier alpha value is -2.43. The van der Waals surface area contributed by atoms with Crippen LogP contribution in [-0.4, -0.2) is 21.9 Å². The third-order valence-corrected chi connectivity index (χ3v) is 4.73. The molecule has 25 heavy (non-hydrogen) atoms. The van der Waals surface area contributed by atoms with Crippen LogP contribution >= 0.6 is 0 Å². The predicted octanol–water partition coefficient (Wildman–Crippen LogP) is 2.97. The van der Waals surface area contributed by atoms with Gasteiger partial charge in [0.05, 0.1) is 5.69 Å². The second-order valence-electron chi connectivity index (χ2n) is 7.90. The fourth-order valence-electron chi connectivity index (χ4n) is 3.15. The minimum absolute atomic E-state index is 0.0784. The van der Waals surface area contributed by atoms with Gasteiger partial charge in [0.1, 0.15) is 11.4 Å². The molecule has 1 aromatic carbocycles. The Balaban J connectivity index is 1.77. The molecule has 0 radical (unpaired) electrons. The van der Waals surface area contributed by atoms with Crippen molar-refractivity contribution in [3.05, 3.63) is 62.8 Å². The van der Waals surface area contributed by atoms with Gasteiger partial charge in [0.15, 0.2) is 0 Å². The standard InChI is InChI=1S/C20H25N3O2/c1-11-8-6-7-9-13(11)14-10-15(14)22-17(24)16-12(2)21-19(20(3,4)5)23-18(16)25/h6-9,14-15H,10H2,1-5H3,(H,22,24)(H,21,23,25)/t14-,15+/m0/s1. The van der Waals surface area contributed by atoms with E-state index < -0.39 is 0 Å². The summed E-state index contributed by atoms with van der Waals surface area (Å²) in [6.45, 7) is 9.71. The second-order valence-corrected chi connectivity index (χ2v) is 7.90. The van der Waals surface area contributed by atoms with Crippen molar-refractivity contribution in [2.45, 2.75) is 58.4 Å². The highest BCUT2D eigenvalue weighted by atomic mass is 16.2. The number of carbonyl (C=O) groups excluding carboxylic acids is 1. The molecule has 2 N–H and O–H groups in total. The highest BCUT2D eigenvalue weighted by molar-refractivity contribution is 5.95. The van der Waals surface area contributed by atoms with Crippen LogP contribution in [0.15, 0.2) is 29.1 Å². The summed E-state index contributed by atoms with van der Waals surface area (Å²) in [7, 11) is 0. The Morgan fingerprint density at radius 2 is 1.92 bits per heavy atom. The number of benzene rings is 1. The molecular weight excluding hydrogens is 314 g/mol. The molecule has 0 spiro atoms. The van der Waals surface area contributed by atoms with Crippen molar-refractivity contribution in [3.63, 3.8) is 0 Å². The number of nitrogens with one attached hydrogen (secondary N) is 2. The minimum Gasteiger partial charge on any atom is -0.348 e. The number of hydrogen-bond donors (Lipinski definition) is 2. The van der Waals surface area contributed by atoms with Gasteiger partial charge in [0.25, 0.3) is 11.5 Å². The molecule has 0 aliphatic heterocycles. The van der Waals surface area contributed by atoms with Gasteiger partial charge < -0.3 is 10.3 Å². The maximum absolute atomic E-state index is 12.6. The van der Waals surface area contributed by atoms with E-state index in [1.54, 1.807) is 6.92 Å². The molecule has 1 fully saturated rings. The lowest BCUT2D eigenvalue weighted by molar-refractivity contribution is 0.0947. The van der Waals surface area contributed by atoms with Gasteiger partial charge in [0, 0.05) is 17.4 Å². The van der Waals surface area contributed by atoms with Crippen LogP contribution in [0.5, 0.6) is 0 Å².